The second-order valence-electron chi connectivity index (χ2n) is 4.63. The van der Waals surface area contributed by atoms with Crippen molar-refractivity contribution in [2.24, 2.45) is 0 Å². The Kier molecular flexibility index (Phi) is 4.31. The lowest BCUT2D eigenvalue weighted by atomic mass is 10.0. The van der Waals surface area contributed by atoms with Crippen LogP contribution in [0.4, 0.5) is 0 Å². The van der Waals surface area contributed by atoms with E-state index in [9.17, 15) is 0 Å². The summed E-state index contributed by atoms with van der Waals surface area (Å²) in [6.07, 6.45) is 0. The van der Waals surface area contributed by atoms with Crippen LogP contribution < -0.4 is 5.32 Å². The summed E-state index contributed by atoms with van der Waals surface area (Å²) in [4.78, 5) is 0. The van der Waals surface area contributed by atoms with E-state index >= 15 is 0 Å². The molecule has 2 rings (SSSR count). The molecule has 0 fully saturated rings. The van der Waals surface area contributed by atoms with Crippen molar-refractivity contribution in [3.05, 3.63) is 47.5 Å². The summed E-state index contributed by atoms with van der Waals surface area (Å²) in [5.41, 5.74) is 2.41. The van der Waals surface area contributed by atoms with Gasteiger partial charge in [-0.1, -0.05) is 35.9 Å². The van der Waals surface area contributed by atoms with Crippen molar-refractivity contribution < 1.29 is 10.2 Å². The average Bonchev–Trinajstić information content (AvgIpc) is 2.40. The van der Waals surface area contributed by atoms with Gasteiger partial charge in [-0.25, -0.2) is 0 Å². The Morgan fingerprint density at radius 1 is 1.00 bits per heavy atom. The van der Waals surface area contributed by atoms with Crippen molar-refractivity contribution >= 4 is 10.8 Å². The highest BCUT2D eigenvalue weighted by atomic mass is 16.3. The van der Waals surface area contributed by atoms with Crippen molar-refractivity contribution in [1.82, 2.24) is 5.32 Å². The van der Waals surface area contributed by atoms with E-state index in [0.29, 0.717) is 6.54 Å². The molecule has 0 aromatic heterocycles. The number of aliphatic hydroxyl groups excluding tert-OH is 2. The number of fused-ring (bicyclic) bond motifs is 1. The lowest BCUT2D eigenvalue weighted by molar-refractivity contribution is 0.170. The smallest absolute Gasteiger partial charge is 0.0607 e. The van der Waals surface area contributed by atoms with Gasteiger partial charge in [0, 0.05) is 6.54 Å². The number of aryl methyl sites for hydroxylation is 1. The SMILES string of the molecule is Cc1ccc2cc(CNC(CO)CO)ccc2c1. The predicted molar refractivity (Wildman–Crippen MR) is 73.5 cm³/mol. The molecule has 96 valence electrons. The highest BCUT2D eigenvalue weighted by Crippen LogP contribution is 2.17. The first kappa shape index (κ1) is 13.0. The maximum Gasteiger partial charge on any atom is 0.0607 e. The van der Waals surface area contributed by atoms with Crippen LogP contribution in [0, 0.1) is 6.92 Å². The summed E-state index contributed by atoms with van der Waals surface area (Å²) in [6, 6.07) is 12.4. The van der Waals surface area contributed by atoms with Gasteiger partial charge in [-0.2, -0.15) is 0 Å². The number of hydrogen-bond acceptors (Lipinski definition) is 3. The van der Waals surface area contributed by atoms with Crippen molar-refractivity contribution in [1.29, 1.82) is 0 Å². The van der Waals surface area contributed by atoms with E-state index in [1.807, 2.05) is 0 Å². The van der Waals surface area contributed by atoms with Crippen molar-refractivity contribution in [3.8, 4) is 0 Å². The number of aliphatic hydroxyl groups is 2. The van der Waals surface area contributed by atoms with E-state index in [0.717, 1.165) is 5.56 Å². The minimum atomic E-state index is -0.251. The van der Waals surface area contributed by atoms with Crippen molar-refractivity contribution in [2.45, 2.75) is 19.5 Å². The first-order valence-electron chi connectivity index (χ1n) is 6.17. The van der Waals surface area contributed by atoms with Crippen LogP contribution >= 0.6 is 0 Å². The van der Waals surface area contributed by atoms with Gasteiger partial charge in [0.2, 0.25) is 0 Å². The molecule has 0 unspecified atom stereocenters. The average molecular weight is 245 g/mol. The molecular weight excluding hydrogens is 226 g/mol. The highest BCUT2D eigenvalue weighted by Gasteiger charge is 2.04. The monoisotopic (exact) mass is 245 g/mol. The van der Waals surface area contributed by atoms with Gasteiger partial charge < -0.3 is 15.5 Å². The molecule has 3 nitrogen and oxygen atoms in total. The van der Waals surface area contributed by atoms with Gasteiger partial charge in [0.05, 0.1) is 19.3 Å². The molecule has 0 aliphatic rings. The van der Waals surface area contributed by atoms with Gasteiger partial charge in [0.15, 0.2) is 0 Å². The number of nitrogens with one attached hydrogen (secondary N) is 1. The van der Waals surface area contributed by atoms with Crippen LogP contribution in [0.25, 0.3) is 10.8 Å². The molecule has 0 heterocycles. The Hall–Kier alpha value is -1.42. The van der Waals surface area contributed by atoms with E-state index in [2.05, 4.69) is 48.6 Å². The van der Waals surface area contributed by atoms with Crippen molar-refractivity contribution in [2.75, 3.05) is 13.2 Å². The zero-order valence-electron chi connectivity index (χ0n) is 10.6. The van der Waals surface area contributed by atoms with Crippen LogP contribution in [-0.2, 0) is 6.54 Å². The van der Waals surface area contributed by atoms with Gasteiger partial charge in [0.25, 0.3) is 0 Å². The summed E-state index contributed by atoms with van der Waals surface area (Å²) in [5, 5.41) is 23.5. The highest BCUT2D eigenvalue weighted by molar-refractivity contribution is 5.83. The Labute approximate surface area is 107 Å². The fourth-order valence-corrected chi connectivity index (χ4v) is 1.97. The number of hydrogen-bond donors (Lipinski definition) is 3. The van der Waals surface area contributed by atoms with Crippen LogP contribution in [0.5, 0.6) is 0 Å². The molecule has 0 atom stereocenters. The Bertz CT molecular complexity index is 521. The summed E-state index contributed by atoms with van der Waals surface area (Å²) < 4.78 is 0. The fourth-order valence-electron chi connectivity index (χ4n) is 1.97. The van der Waals surface area contributed by atoms with Gasteiger partial charge in [-0.15, -0.1) is 0 Å². The molecule has 3 N–H and O–H groups in total. The molecule has 0 aliphatic heterocycles. The summed E-state index contributed by atoms with van der Waals surface area (Å²) in [7, 11) is 0. The third kappa shape index (κ3) is 3.07. The fraction of sp³-hybridized carbons (Fsp3) is 0.333. The maximum atomic E-state index is 8.98. The topological polar surface area (TPSA) is 52.5 Å². The normalized spacial score (nSPS) is 11.3. The van der Waals surface area contributed by atoms with E-state index in [1.54, 1.807) is 0 Å². The third-order valence-corrected chi connectivity index (χ3v) is 3.10. The molecule has 2 aromatic carbocycles. The molecule has 0 saturated carbocycles. The molecule has 0 saturated heterocycles. The zero-order valence-corrected chi connectivity index (χ0v) is 10.6. The molecule has 0 aliphatic carbocycles. The Morgan fingerprint density at radius 3 is 2.39 bits per heavy atom. The van der Waals surface area contributed by atoms with Gasteiger partial charge in [-0.05, 0) is 29.3 Å². The van der Waals surface area contributed by atoms with Crippen LogP contribution in [-0.4, -0.2) is 29.5 Å². The second kappa shape index (κ2) is 5.96. The van der Waals surface area contributed by atoms with Crippen LogP contribution in [0.2, 0.25) is 0 Å². The summed E-state index contributed by atoms with van der Waals surface area (Å²) in [5.74, 6) is 0. The lowest BCUT2D eigenvalue weighted by Crippen LogP contribution is -2.35. The standard InChI is InChI=1S/C15H19NO2/c1-11-2-4-14-7-12(3-5-13(14)6-11)8-16-15(9-17)10-18/h2-7,15-18H,8-10H2,1H3. The van der Waals surface area contributed by atoms with Crippen LogP contribution in [0.15, 0.2) is 36.4 Å². The molecule has 18 heavy (non-hydrogen) atoms. The largest absolute Gasteiger partial charge is 0.395 e. The molecule has 3 heteroatoms. The summed E-state index contributed by atoms with van der Waals surface area (Å²) in [6.45, 7) is 2.63. The number of benzene rings is 2. The van der Waals surface area contributed by atoms with E-state index in [-0.39, 0.29) is 19.3 Å². The third-order valence-electron chi connectivity index (χ3n) is 3.10. The van der Waals surface area contributed by atoms with E-state index < -0.39 is 0 Å². The second-order valence-corrected chi connectivity index (χ2v) is 4.63. The Balaban J connectivity index is 2.12. The predicted octanol–water partition coefficient (Wildman–Crippen LogP) is 1.59. The maximum absolute atomic E-state index is 8.98. The molecule has 2 aromatic rings. The number of rotatable bonds is 5. The molecular formula is C15H19NO2. The summed E-state index contributed by atoms with van der Waals surface area (Å²) >= 11 is 0. The minimum absolute atomic E-state index is 0.0523. The quantitative estimate of drug-likeness (QED) is 0.750. The van der Waals surface area contributed by atoms with Gasteiger partial charge in [0.1, 0.15) is 0 Å². The molecule has 0 spiro atoms. The minimum Gasteiger partial charge on any atom is -0.395 e. The first-order chi connectivity index (χ1) is 8.72. The van der Waals surface area contributed by atoms with Gasteiger partial charge >= 0.3 is 0 Å². The lowest BCUT2D eigenvalue weighted by Gasteiger charge is -2.13. The first-order valence-corrected chi connectivity index (χ1v) is 6.17. The van der Waals surface area contributed by atoms with E-state index in [4.69, 9.17) is 10.2 Å². The molecule has 0 radical (unpaired) electrons. The van der Waals surface area contributed by atoms with Crippen LogP contribution in [0.1, 0.15) is 11.1 Å². The van der Waals surface area contributed by atoms with E-state index in [1.165, 1.54) is 16.3 Å². The van der Waals surface area contributed by atoms with Crippen LogP contribution in [0.3, 0.4) is 0 Å². The molecule has 0 bridgehead atoms. The zero-order chi connectivity index (χ0) is 13.0. The Morgan fingerprint density at radius 2 is 1.67 bits per heavy atom. The molecule has 0 amide bonds. The van der Waals surface area contributed by atoms with Gasteiger partial charge in [-0.3, -0.25) is 0 Å². The van der Waals surface area contributed by atoms with Crippen molar-refractivity contribution in [3.63, 3.8) is 0 Å².